The molecule has 1 aliphatic carbocycles. The Hall–Kier alpha value is -1.00. The maximum absolute atomic E-state index is 11.9. The highest BCUT2D eigenvalue weighted by molar-refractivity contribution is 8.00. The van der Waals surface area contributed by atoms with Crippen LogP contribution in [0.5, 0.6) is 0 Å². The van der Waals surface area contributed by atoms with Crippen molar-refractivity contribution in [3.63, 3.8) is 0 Å². The van der Waals surface area contributed by atoms with Gasteiger partial charge in [-0.2, -0.15) is 0 Å². The van der Waals surface area contributed by atoms with Crippen molar-refractivity contribution >= 4 is 17.7 Å². The summed E-state index contributed by atoms with van der Waals surface area (Å²) in [4.78, 5) is 12.0. The number of esters is 1. The lowest BCUT2D eigenvalue weighted by Crippen LogP contribution is -2.47. The van der Waals surface area contributed by atoms with Crippen LogP contribution in [0.15, 0.2) is 30.3 Å². The molecule has 0 aromatic heterocycles. The SMILES string of the molecule is CCOC(=O)[C@H]1CSC2(CCC(c3ccccc3)CC2)N1. The minimum atomic E-state index is -0.122. The highest BCUT2D eigenvalue weighted by atomic mass is 32.2. The molecule has 1 aromatic carbocycles. The standard InChI is InChI=1S/C17H23NO2S/c1-2-20-16(19)15-12-21-17(18-15)10-8-14(9-11-17)13-6-4-3-5-7-13/h3-7,14-15,18H,2,8-12H2,1H3/t14?,15-,17?/m1/s1. The van der Waals surface area contributed by atoms with E-state index in [0.29, 0.717) is 12.5 Å². The van der Waals surface area contributed by atoms with Gasteiger partial charge in [0, 0.05) is 5.75 Å². The zero-order valence-electron chi connectivity index (χ0n) is 12.5. The van der Waals surface area contributed by atoms with Gasteiger partial charge in [-0.3, -0.25) is 10.1 Å². The summed E-state index contributed by atoms with van der Waals surface area (Å²) in [6, 6.07) is 10.7. The first-order valence-electron chi connectivity index (χ1n) is 7.86. The topological polar surface area (TPSA) is 38.3 Å². The van der Waals surface area contributed by atoms with E-state index in [1.165, 1.54) is 18.4 Å². The molecule has 1 aliphatic heterocycles. The van der Waals surface area contributed by atoms with E-state index in [9.17, 15) is 4.79 Å². The van der Waals surface area contributed by atoms with Crippen molar-refractivity contribution < 1.29 is 9.53 Å². The molecule has 3 nitrogen and oxygen atoms in total. The van der Waals surface area contributed by atoms with Gasteiger partial charge in [0.25, 0.3) is 0 Å². The van der Waals surface area contributed by atoms with E-state index >= 15 is 0 Å². The normalized spacial score (nSPS) is 32.2. The van der Waals surface area contributed by atoms with E-state index in [1.807, 2.05) is 18.7 Å². The third-order valence-corrected chi connectivity index (χ3v) is 6.18. The van der Waals surface area contributed by atoms with Gasteiger partial charge < -0.3 is 4.74 Å². The number of thioether (sulfide) groups is 1. The van der Waals surface area contributed by atoms with Crippen LogP contribution >= 0.6 is 11.8 Å². The number of carbonyl (C=O) groups excluding carboxylic acids is 1. The van der Waals surface area contributed by atoms with Crippen LogP contribution in [0.2, 0.25) is 0 Å². The second-order valence-electron chi connectivity index (χ2n) is 5.94. The van der Waals surface area contributed by atoms with Crippen molar-refractivity contribution in [1.29, 1.82) is 0 Å². The first-order valence-corrected chi connectivity index (χ1v) is 8.84. The van der Waals surface area contributed by atoms with Crippen LogP contribution < -0.4 is 5.32 Å². The minimum absolute atomic E-state index is 0.0907. The van der Waals surface area contributed by atoms with Crippen molar-refractivity contribution in [1.82, 2.24) is 5.32 Å². The largest absolute Gasteiger partial charge is 0.465 e. The van der Waals surface area contributed by atoms with Gasteiger partial charge in [0.05, 0.1) is 11.5 Å². The van der Waals surface area contributed by atoms with E-state index in [0.717, 1.165) is 18.6 Å². The molecule has 4 heteroatoms. The van der Waals surface area contributed by atoms with Gasteiger partial charge in [0.15, 0.2) is 0 Å². The third kappa shape index (κ3) is 3.27. The second-order valence-corrected chi connectivity index (χ2v) is 7.34. The molecule has 0 amide bonds. The molecular weight excluding hydrogens is 282 g/mol. The summed E-state index contributed by atoms with van der Waals surface area (Å²) in [5, 5.41) is 3.55. The molecule has 2 aliphatic rings. The van der Waals surface area contributed by atoms with Crippen molar-refractivity contribution in [2.45, 2.75) is 49.4 Å². The Bertz CT molecular complexity index is 483. The average molecular weight is 305 g/mol. The predicted octanol–water partition coefficient (Wildman–Crippen LogP) is 3.31. The summed E-state index contributed by atoms with van der Waals surface area (Å²) in [7, 11) is 0. The summed E-state index contributed by atoms with van der Waals surface area (Å²) in [6.45, 7) is 2.32. The van der Waals surface area contributed by atoms with Crippen LogP contribution in [0, 0.1) is 0 Å². The van der Waals surface area contributed by atoms with E-state index in [4.69, 9.17) is 4.74 Å². The van der Waals surface area contributed by atoms with Crippen molar-refractivity contribution in [3.8, 4) is 0 Å². The van der Waals surface area contributed by atoms with E-state index < -0.39 is 0 Å². The molecule has 1 atom stereocenters. The summed E-state index contributed by atoms with van der Waals surface area (Å²) in [5.74, 6) is 1.42. The summed E-state index contributed by atoms with van der Waals surface area (Å²) in [6.07, 6.45) is 4.65. The first-order chi connectivity index (χ1) is 10.2. The Balaban J connectivity index is 1.57. The molecule has 2 fully saturated rings. The van der Waals surface area contributed by atoms with E-state index in [1.54, 1.807) is 0 Å². The van der Waals surface area contributed by atoms with Crippen LogP contribution in [-0.2, 0) is 9.53 Å². The Morgan fingerprint density at radius 1 is 1.33 bits per heavy atom. The molecule has 1 saturated carbocycles. The van der Waals surface area contributed by atoms with Gasteiger partial charge in [0.1, 0.15) is 6.04 Å². The zero-order chi connectivity index (χ0) is 14.7. The van der Waals surface area contributed by atoms with Gasteiger partial charge >= 0.3 is 5.97 Å². The van der Waals surface area contributed by atoms with Crippen molar-refractivity contribution in [2.75, 3.05) is 12.4 Å². The lowest BCUT2D eigenvalue weighted by molar-refractivity contribution is -0.145. The second kappa shape index (κ2) is 6.41. The molecule has 0 radical (unpaired) electrons. The highest BCUT2D eigenvalue weighted by Crippen LogP contribution is 2.46. The maximum atomic E-state index is 11.9. The first kappa shape index (κ1) is 14.9. The molecule has 1 spiro atoms. The lowest BCUT2D eigenvalue weighted by Gasteiger charge is -2.37. The van der Waals surface area contributed by atoms with Gasteiger partial charge in [-0.25, -0.2) is 0 Å². The van der Waals surface area contributed by atoms with Crippen LogP contribution in [0.4, 0.5) is 0 Å². The average Bonchev–Trinajstić information content (AvgIpc) is 2.93. The molecule has 1 saturated heterocycles. The number of nitrogens with one attached hydrogen (secondary N) is 1. The van der Waals surface area contributed by atoms with Crippen LogP contribution in [0.3, 0.4) is 0 Å². The van der Waals surface area contributed by atoms with Gasteiger partial charge in [-0.15, -0.1) is 11.8 Å². The smallest absolute Gasteiger partial charge is 0.324 e. The van der Waals surface area contributed by atoms with Crippen LogP contribution in [0.25, 0.3) is 0 Å². The van der Waals surface area contributed by atoms with Gasteiger partial charge in [-0.1, -0.05) is 30.3 Å². The third-order valence-electron chi connectivity index (χ3n) is 4.60. The van der Waals surface area contributed by atoms with E-state index in [-0.39, 0.29) is 16.9 Å². The number of benzene rings is 1. The Labute approximate surface area is 130 Å². The number of ether oxygens (including phenoxy) is 1. The summed E-state index contributed by atoms with van der Waals surface area (Å²) < 4.78 is 5.14. The quantitative estimate of drug-likeness (QED) is 0.870. The fourth-order valence-electron chi connectivity index (χ4n) is 3.44. The minimum Gasteiger partial charge on any atom is -0.465 e. The maximum Gasteiger partial charge on any atom is 0.324 e. The van der Waals surface area contributed by atoms with Crippen molar-refractivity contribution in [2.24, 2.45) is 0 Å². The highest BCUT2D eigenvalue weighted by Gasteiger charge is 2.44. The van der Waals surface area contributed by atoms with Crippen LogP contribution in [-0.4, -0.2) is 29.2 Å². The number of hydrogen-bond acceptors (Lipinski definition) is 4. The fourth-order valence-corrected chi connectivity index (χ4v) is 4.90. The Morgan fingerprint density at radius 3 is 2.71 bits per heavy atom. The Kier molecular flexibility index (Phi) is 4.55. The molecule has 1 heterocycles. The predicted molar refractivity (Wildman–Crippen MR) is 86.4 cm³/mol. The number of hydrogen-bond donors (Lipinski definition) is 1. The molecule has 1 N–H and O–H groups in total. The lowest BCUT2D eigenvalue weighted by atomic mass is 9.81. The molecular formula is C17H23NO2S. The molecule has 0 unspecified atom stereocenters. The molecule has 0 bridgehead atoms. The summed E-state index contributed by atoms with van der Waals surface area (Å²) in [5.41, 5.74) is 1.46. The monoisotopic (exact) mass is 305 g/mol. The van der Waals surface area contributed by atoms with Gasteiger partial charge in [-0.05, 0) is 44.1 Å². The van der Waals surface area contributed by atoms with E-state index in [2.05, 4.69) is 35.6 Å². The zero-order valence-corrected chi connectivity index (χ0v) is 13.3. The number of rotatable bonds is 3. The molecule has 1 aromatic rings. The van der Waals surface area contributed by atoms with Crippen LogP contribution in [0.1, 0.15) is 44.1 Å². The fraction of sp³-hybridized carbons (Fsp3) is 0.588. The molecule has 3 rings (SSSR count). The van der Waals surface area contributed by atoms with Gasteiger partial charge in [0.2, 0.25) is 0 Å². The number of carbonyl (C=O) groups is 1. The molecule has 114 valence electrons. The molecule has 21 heavy (non-hydrogen) atoms. The van der Waals surface area contributed by atoms with Crippen molar-refractivity contribution in [3.05, 3.63) is 35.9 Å². The summed E-state index contributed by atoms with van der Waals surface area (Å²) >= 11 is 1.91. The Morgan fingerprint density at radius 2 is 2.05 bits per heavy atom.